The van der Waals surface area contributed by atoms with Crippen molar-refractivity contribution in [3.05, 3.63) is 18.0 Å². The van der Waals surface area contributed by atoms with Gasteiger partial charge in [0.25, 0.3) is 0 Å². The van der Waals surface area contributed by atoms with Gasteiger partial charge in [-0.15, -0.1) is 0 Å². The average molecular weight is 277 g/mol. The molecule has 3 atom stereocenters. The third-order valence-electron chi connectivity index (χ3n) is 4.83. The molecule has 2 saturated heterocycles. The Morgan fingerprint density at radius 1 is 1.30 bits per heavy atom. The summed E-state index contributed by atoms with van der Waals surface area (Å²) >= 11 is 0. The van der Waals surface area contributed by atoms with E-state index < -0.39 is 0 Å². The predicted molar refractivity (Wildman–Crippen MR) is 80.4 cm³/mol. The lowest BCUT2D eigenvalue weighted by Crippen LogP contribution is -2.57. The number of nitrogens with zero attached hydrogens (tertiary/aromatic N) is 4. The maximum absolute atomic E-state index is 6.28. The molecule has 0 aliphatic carbocycles. The molecule has 2 fully saturated rings. The van der Waals surface area contributed by atoms with Crippen molar-refractivity contribution in [3.8, 4) is 0 Å². The fourth-order valence-corrected chi connectivity index (χ4v) is 3.87. The Morgan fingerprint density at radius 3 is 2.85 bits per heavy atom. The number of hydrogen-bond donors (Lipinski definition) is 1. The van der Waals surface area contributed by atoms with Crippen LogP contribution in [0.25, 0.3) is 0 Å². The van der Waals surface area contributed by atoms with Gasteiger partial charge in [0, 0.05) is 50.5 Å². The van der Waals surface area contributed by atoms with Crippen molar-refractivity contribution >= 4 is 0 Å². The van der Waals surface area contributed by atoms with Gasteiger partial charge in [0.2, 0.25) is 0 Å². The van der Waals surface area contributed by atoms with Gasteiger partial charge in [0.1, 0.15) is 0 Å². The van der Waals surface area contributed by atoms with Crippen LogP contribution in [0.3, 0.4) is 0 Å². The summed E-state index contributed by atoms with van der Waals surface area (Å²) in [4.78, 5) is 5.25. The summed E-state index contributed by atoms with van der Waals surface area (Å²) < 4.78 is 1.88. The molecule has 3 unspecified atom stereocenters. The average Bonchev–Trinajstić information content (AvgIpc) is 2.85. The van der Waals surface area contributed by atoms with Gasteiger partial charge in [-0.1, -0.05) is 6.42 Å². The SMILES string of the molecule is CC(N)C(c1cnn(C)c1)N1CCN2CCCCC2C1. The number of hydrogen-bond acceptors (Lipinski definition) is 4. The molecule has 5 heteroatoms. The van der Waals surface area contributed by atoms with Crippen LogP contribution in [0, 0.1) is 0 Å². The summed E-state index contributed by atoms with van der Waals surface area (Å²) in [5.41, 5.74) is 7.54. The number of piperidine rings is 1. The molecule has 1 aromatic heterocycles. The van der Waals surface area contributed by atoms with Crippen molar-refractivity contribution in [2.75, 3.05) is 26.2 Å². The molecule has 0 saturated carbocycles. The highest BCUT2D eigenvalue weighted by Gasteiger charge is 2.34. The highest BCUT2D eigenvalue weighted by molar-refractivity contribution is 5.13. The maximum Gasteiger partial charge on any atom is 0.0538 e. The summed E-state index contributed by atoms with van der Waals surface area (Å²) in [6.45, 7) is 6.87. The fraction of sp³-hybridized carbons (Fsp3) is 0.800. The number of piperazine rings is 1. The van der Waals surface area contributed by atoms with Crippen LogP contribution >= 0.6 is 0 Å². The lowest BCUT2D eigenvalue weighted by atomic mass is 9.95. The van der Waals surface area contributed by atoms with Crippen LogP contribution in [0.1, 0.15) is 37.8 Å². The van der Waals surface area contributed by atoms with Crippen molar-refractivity contribution in [3.63, 3.8) is 0 Å². The first-order valence-electron chi connectivity index (χ1n) is 7.87. The van der Waals surface area contributed by atoms with Gasteiger partial charge in [-0.3, -0.25) is 14.5 Å². The Kier molecular flexibility index (Phi) is 4.10. The first kappa shape index (κ1) is 14.0. The van der Waals surface area contributed by atoms with Crippen molar-refractivity contribution in [1.29, 1.82) is 0 Å². The molecule has 1 aromatic rings. The van der Waals surface area contributed by atoms with E-state index in [0.29, 0.717) is 6.04 Å². The number of fused-ring (bicyclic) bond motifs is 1. The van der Waals surface area contributed by atoms with Crippen LogP contribution in [-0.2, 0) is 7.05 Å². The molecule has 0 spiro atoms. The monoisotopic (exact) mass is 277 g/mol. The lowest BCUT2D eigenvalue weighted by Gasteiger charge is -2.47. The molecule has 112 valence electrons. The third kappa shape index (κ3) is 2.75. The second-order valence-electron chi connectivity index (χ2n) is 6.43. The number of rotatable bonds is 3. The second-order valence-corrected chi connectivity index (χ2v) is 6.43. The standard InChI is InChI=1S/C15H27N5/c1-12(16)15(13-9-17-18(2)10-13)20-8-7-19-6-4-3-5-14(19)11-20/h9-10,12,14-15H,3-8,11,16H2,1-2H3. The van der Waals surface area contributed by atoms with Gasteiger partial charge in [0.05, 0.1) is 12.2 Å². The van der Waals surface area contributed by atoms with Crippen molar-refractivity contribution in [1.82, 2.24) is 19.6 Å². The lowest BCUT2D eigenvalue weighted by molar-refractivity contribution is 0.0219. The Morgan fingerprint density at radius 2 is 2.15 bits per heavy atom. The highest BCUT2D eigenvalue weighted by atomic mass is 15.3. The van der Waals surface area contributed by atoms with E-state index in [9.17, 15) is 0 Å². The number of aryl methyl sites for hydroxylation is 1. The topological polar surface area (TPSA) is 50.3 Å². The Labute approximate surface area is 121 Å². The van der Waals surface area contributed by atoms with Gasteiger partial charge in [-0.05, 0) is 26.3 Å². The molecule has 20 heavy (non-hydrogen) atoms. The molecule has 0 amide bonds. The summed E-state index contributed by atoms with van der Waals surface area (Å²) in [5, 5.41) is 4.32. The molecule has 2 N–H and O–H groups in total. The van der Waals surface area contributed by atoms with Crippen LogP contribution in [-0.4, -0.2) is 57.8 Å². The Balaban J connectivity index is 1.75. The van der Waals surface area contributed by atoms with Crippen molar-refractivity contribution in [2.45, 2.75) is 44.3 Å². The van der Waals surface area contributed by atoms with Gasteiger partial charge in [0.15, 0.2) is 0 Å². The maximum atomic E-state index is 6.28. The molecular formula is C15H27N5. The normalized spacial score (nSPS) is 28.1. The van der Waals surface area contributed by atoms with E-state index in [0.717, 1.165) is 19.1 Å². The third-order valence-corrected chi connectivity index (χ3v) is 4.83. The van der Waals surface area contributed by atoms with E-state index in [2.05, 4.69) is 28.0 Å². The molecule has 0 aromatic carbocycles. The van der Waals surface area contributed by atoms with E-state index >= 15 is 0 Å². The first-order chi connectivity index (χ1) is 9.65. The quantitative estimate of drug-likeness (QED) is 0.895. The van der Waals surface area contributed by atoms with Gasteiger partial charge >= 0.3 is 0 Å². The minimum Gasteiger partial charge on any atom is -0.326 e. The molecular weight excluding hydrogens is 250 g/mol. The predicted octanol–water partition coefficient (Wildman–Crippen LogP) is 0.979. The summed E-state index contributed by atoms with van der Waals surface area (Å²) in [5.74, 6) is 0. The van der Waals surface area contributed by atoms with Crippen LogP contribution in [0.2, 0.25) is 0 Å². The zero-order valence-electron chi connectivity index (χ0n) is 12.7. The minimum absolute atomic E-state index is 0.134. The van der Waals surface area contributed by atoms with Gasteiger partial charge < -0.3 is 5.73 Å². The van der Waals surface area contributed by atoms with E-state index in [1.54, 1.807) is 0 Å². The Hall–Kier alpha value is -0.910. The van der Waals surface area contributed by atoms with Crippen LogP contribution < -0.4 is 5.73 Å². The van der Waals surface area contributed by atoms with Crippen molar-refractivity contribution < 1.29 is 0 Å². The highest BCUT2D eigenvalue weighted by Crippen LogP contribution is 2.29. The molecule has 0 bridgehead atoms. The van der Waals surface area contributed by atoms with Crippen LogP contribution in [0.4, 0.5) is 0 Å². The van der Waals surface area contributed by atoms with E-state index in [4.69, 9.17) is 5.73 Å². The molecule has 2 aliphatic rings. The van der Waals surface area contributed by atoms with Crippen molar-refractivity contribution in [2.24, 2.45) is 12.8 Å². The zero-order valence-corrected chi connectivity index (χ0v) is 12.7. The van der Waals surface area contributed by atoms with Gasteiger partial charge in [-0.25, -0.2) is 0 Å². The summed E-state index contributed by atoms with van der Waals surface area (Å²) in [6.07, 6.45) is 8.18. The van der Waals surface area contributed by atoms with E-state index in [1.807, 2.05) is 17.9 Å². The molecule has 2 aliphatic heterocycles. The molecule has 0 radical (unpaired) electrons. The Bertz CT molecular complexity index is 441. The molecule has 3 rings (SSSR count). The largest absolute Gasteiger partial charge is 0.326 e. The van der Waals surface area contributed by atoms with Crippen LogP contribution in [0.15, 0.2) is 12.4 Å². The first-order valence-corrected chi connectivity index (χ1v) is 7.87. The summed E-state index contributed by atoms with van der Waals surface area (Å²) in [6, 6.07) is 1.16. The minimum atomic E-state index is 0.134. The molecule has 5 nitrogen and oxygen atoms in total. The summed E-state index contributed by atoms with van der Waals surface area (Å²) in [7, 11) is 1.97. The van der Waals surface area contributed by atoms with Gasteiger partial charge in [-0.2, -0.15) is 5.10 Å². The second kappa shape index (κ2) is 5.84. The smallest absolute Gasteiger partial charge is 0.0538 e. The van der Waals surface area contributed by atoms with E-state index in [-0.39, 0.29) is 6.04 Å². The molecule has 3 heterocycles. The number of aromatic nitrogens is 2. The zero-order chi connectivity index (χ0) is 14.1. The van der Waals surface area contributed by atoms with Crippen LogP contribution in [0.5, 0.6) is 0 Å². The van der Waals surface area contributed by atoms with E-state index in [1.165, 1.54) is 37.9 Å². The number of nitrogens with two attached hydrogens (primary N) is 1. The fourth-order valence-electron chi connectivity index (χ4n) is 3.87.